The van der Waals surface area contributed by atoms with Gasteiger partial charge in [-0.05, 0) is 39.8 Å². The number of rotatable bonds is 3. The molecular formula is C19H25N5O3S. The zero-order valence-electron chi connectivity index (χ0n) is 16.5. The average molecular weight is 404 g/mol. The fraction of sp³-hybridized carbons (Fsp3) is 0.474. The zero-order valence-corrected chi connectivity index (χ0v) is 17.4. The van der Waals surface area contributed by atoms with Crippen LogP contribution in [-0.4, -0.2) is 58.6 Å². The molecule has 2 aromatic heterocycles. The Labute approximate surface area is 168 Å². The highest BCUT2D eigenvalue weighted by molar-refractivity contribution is 7.17. The number of amides is 2. The van der Waals surface area contributed by atoms with E-state index in [1.165, 1.54) is 11.3 Å². The number of aromatic nitrogens is 2. The van der Waals surface area contributed by atoms with Crippen molar-refractivity contribution in [1.29, 1.82) is 0 Å². The van der Waals surface area contributed by atoms with Gasteiger partial charge in [-0.3, -0.25) is 10.1 Å². The van der Waals surface area contributed by atoms with Gasteiger partial charge in [0, 0.05) is 37.9 Å². The number of hydrogen-bond donors (Lipinski definition) is 2. The Morgan fingerprint density at radius 3 is 2.57 bits per heavy atom. The standard InChI is InChI=1S/C19H25N5O3S/c1-12-15(17(25)24-9-7-20-8-10-24)28-16(22-12)13-5-6-14(21-11-13)23-18(26)27-19(2,3)4/h5-6,11,20H,7-10H2,1-4H3,(H,21,23,26). The van der Waals surface area contributed by atoms with Crippen LogP contribution >= 0.6 is 11.3 Å². The molecule has 0 bridgehead atoms. The van der Waals surface area contributed by atoms with E-state index in [9.17, 15) is 9.59 Å². The molecule has 150 valence electrons. The maximum absolute atomic E-state index is 12.7. The molecule has 3 rings (SSSR count). The van der Waals surface area contributed by atoms with Crippen LogP contribution in [0, 0.1) is 6.92 Å². The van der Waals surface area contributed by atoms with Gasteiger partial charge >= 0.3 is 6.09 Å². The predicted molar refractivity (Wildman–Crippen MR) is 109 cm³/mol. The van der Waals surface area contributed by atoms with E-state index in [0.717, 1.165) is 29.4 Å². The summed E-state index contributed by atoms with van der Waals surface area (Å²) >= 11 is 1.37. The summed E-state index contributed by atoms with van der Waals surface area (Å²) in [5, 5.41) is 6.57. The van der Waals surface area contributed by atoms with Gasteiger partial charge in [-0.2, -0.15) is 0 Å². The number of ether oxygens (including phenoxy) is 1. The maximum Gasteiger partial charge on any atom is 0.413 e. The van der Waals surface area contributed by atoms with Crippen molar-refractivity contribution in [3.63, 3.8) is 0 Å². The van der Waals surface area contributed by atoms with Crippen molar-refractivity contribution in [1.82, 2.24) is 20.2 Å². The average Bonchev–Trinajstić information content (AvgIpc) is 3.02. The van der Waals surface area contributed by atoms with Crippen molar-refractivity contribution in [2.75, 3.05) is 31.5 Å². The third-order valence-electron chi connectivity index (χ3n) is 4.03. The molecule has 1 aliphatic heterocycles. The molecule has 9 heteroatoms. The maximum atomic E-state index is 12.7. The first-order valence-electron chi connectivity index (χ1n) is 9.17. The minimum absolute atomic E-state index is 0.0268. The lowest BCUT2D eigenvalue weighted by Gasteiger charge is -2.27. The fourth-order valence-electron chi connectivity index (χ4n) is 2.73. The first-order chi connectivity index (χ1) is 13.2. The molecule has 1 aliphatic rings. The summed E-state index contributed by atoms with van der Waals surface area (Å²) in [7, 11) is 0. The van der Waals surface area contributed by atoms with Crippen LogP contribution in [0.4, 0.5) is 10.6 Å². The number of hydrogen-bond acceptors (Lipinski definition) is 7. The Bertz CT molecular complexity index is 851. The number of carbonyl (C=O) groups is 2. The van der Waals surface area contributed by atoms with Crippen LogP contribution in [0.5, 0.6) is 0 Å². The number of thiazole rings is 1. The number of nitrogens with zero attached hydrogens (tertiary/aromatic N) is 3. The van der Waals surface area contributed by atoms with Crippen molar-refractivity contribution < 1.29 is 14.3 Å². The second kappa shape index (κ2) is 8.24. The quantitative estimate of drug-likeness (QED) is 0.818. The summed E-state index contributed by atoms with van der Waals surface area (Å²) in [6.07, 6.45) is 1.08. The van der Waals surface area contributed by atoms with Crippen molar-refractivity contribution in [3.8, 4) is 10.6 Å². The molecule has 0 spiro atoms. The van der Waals surface area contributed by atoms with Crippen LogP contribution in [0.3, 0.4) is 0 Å². The molecule has 0 aromatic carbocycles. The van der Waals surface area contributed by atoms with Crippen LogP contribution in [0.25, 0.3) is 10.6 Å². The van der Waals surface area contributed by atoms with Crippen molar-refractivity contribution in [3.05, 3.63) is 28.9 Å². The third kappa shape index (κ3) is 5.05. The van der Waals surface area contributed by atoms with Crippen molar-refractivity contribution >= 4 is 29.2 Å². The van der Waals surface area contributed by atoms with Gasteiger partial charge in [-0.15, -0.1) is 11.3 Å². The largest absolute Gasteiger partial charge is 0.444 e. The molecule has 1 saturated heterocycles. The molecule has 2 aromatic rings. The summed E-state index contributed by atoms with van der Waals surface area (Å²) < 4.78 is 5.21. The van der Waals surface area contributed by atoms with E-state index in [0.29, 0.717) is 23.8 Å². The minimum atomic E-state index is -0.574. The summed E-state index contributed by atoms with van der Waals surface area (Å²) in [5.41, 5.74) is 0.942. The van der Waals surface area contributed by atoms with Crippen molar-refractivity contribution in [2.45, 2.75) is 33.3 Å². The van der Waals surface area contributed by atoms with Crippen LogP contribution in [-0.2, 0) is 4.74 Å². The Hall–Kier alpha value is -2.52. The van der Waals surface area contributed by atoms with Crippen LogP contribution in [0.1, 0.15) is 36.1 Å². The number of carbonyl (C=O) groups excluding carboxylic acids is 2. The van der Waals surface area contributed by atoms with E-state index >= 15 is 0 Å². The van der Waals surface area contributed by atoms with Gasteiger partial charge in [-0.25, -0.2) is 14.8 Å². The van der Waals surface area contributed by atoms with E-state index in [-0.39, 0.29) is 5.91 Å². The highest BCUT2D eigenvalue weighted by Crippen LogP contribution is 2.29. The third-order valence-corrected chi connectivity index (χ3v) is 5.23. The first kappa shape index (κ1) is 20.2. The van der Waals surface area contributed by atoms with Crippen molar-refractivity contribution in [2.24, 2.45) is 0 Å². The summed E-state index contributed by atoms with van der Waals surface area (Å²) in [6.45, 7) is 10.3. The van der Waals surface area contributed by atoms with Gasteiger partial charge in [0.05, 0.1) is 5.69 Å². The lowest BCUT2D eigenvalue weighted by atomic mass is 10.2. The molecule has 28 heavy (non-hydrogen) atoms. The van der Waals surface area contributed by atoms with Crippen LogP contribution < -0.4 is 10.6 Å². The number of pyridine rings is 1. The summed E-state index contributed by atoms with van der Waals surface area (Å²) in [4.78, 5) is 35.9. The topological polar surface area (TPSA) is 96.5 Å². The van der Waals surface area contributed by atoms with Gasteiger partial charge in [0.1, 0.15) is 21.3 Å². The second-order valence-corrected chi connectivity index (χ2v) is 8.53. The van der Waals surface area contributed by atoms with E-state index in [2.05, 4.69) is 20.6 Å². The lowest BCUT2D eigenvalue weighted by molar-refractivity contribution is 0.0634. The van der Waals surface area contributed by atoms with E-state index in [1.54, 1.807) is 33.0 Å². The normalized spacial score (nSPS) is 14.6. The van der Waals surface area contributed by atoms with Gasteiger partial charge in [0.25, 0.3) is 5.91 Å². The Balaban J connectivity index is 1.70. The molecule has 0 aliphatic carbocycles. The number of aryl methyl sites for hydroxylation is 1. The summed E-state index contributed by atoms with van der Waals surface area (Å²) in [5.74, 6) is 0.419. The SMILES string of the molecule is Cc1nc(-c2ccc(NC(=O)OC(C)(C)C)nc2)sc1C(=O)N1CCNCC1. The molecule has 0 radical (unpaired) electrons. The Kier molecular flexibility index (Phi) is 5.95. The Morgan fingerprint density at radius 2 is 1.96 bits per heavy atom. The lowest BCUT2D eigenvalue weighted by Crippen LogP contribution is -2.46. The van der Waals surface area contributed by atoms with Gasteiger partial charge in [0.15, 0.2) is 0 Å². The zero-order chi connectivity index (χ0) is 20.3. The summed E-state index contributed by atoms with van der Waals surface area (Å²) in [6, 6.07) is 3.50. The molecule has 1 fully saturated rings. The molecular weight excluding hydrogens is 378 g/mol. The fourth-order valence-corrected chi connectivity index (χ4v) is 3.76. The number of nitrogens with one attached hydrogen (secondary N) is 2. The monoisotopic (exact) mass is 403 g/mol. The molecule has 2 N–H and O–H groups in total. The second-order valence-electron chi connectivity index (χ2n) is 7.53. The first-order valence-corrected chi connectivity index (χ1v) is 9.98. The molecule has 0 atom stereocenters. The van der Waals surface area contributed by atoms with Gasteiger partial charge in [-0.1, -0.05) is 0 Å². The predicted octanol–water partition coefficient (Wildman–Crippen LogP) is 2.91. The smallest absolute Gasteiger partial charge is 0.413 e. The van der Waals surface area contributed by atoms with E-state index in [1.807, 2.05) is 17.9 Å². The molecule has 0 unspecified atom stereocenters. The Morgan fingerprint density at radius 1 is 1.25 bits per heavy atom. The highest BCUT2D eigenvalue weighted by atomic mass is 32.1. The molecule has 2 amide bonds. The van der Waals surface area contributed by atoms with Crippen LogP contribution in [0.15, 0.2) is 18.3 Å². The highest BCUT2D eigenvalue weighted by Gasteiger charge is 2.23. The van der Waals surface area contributed by atoms with E-state index in [4.69, 9.17) is 4.74 Å². The van der Waals surface area contributed by atoms with Gasteiger partial charge < -0.3 is 15.0 Å². The minimum Gasteiger partial charge on any atom is -0.444 e. The number of piperazine rings is 1. The molecule has 8 nitrogen and oxygen atoms in total. The number of anilines is 1. The molecule has 0 saturated carbocycles. The van der Waals surface area contributed by atoms with E-state index < -0.39 is 11.7 Å². The van der Waals surface area contributed by atoms with Crippen LogP contribution in [0.2, 0.25) is 0 Å². The molecule has 3 heterocycles. The van der Waals surface area contributed by atoms with Gasteiger partial charge in [0.2, 0.25) is 0 Å².